The van der Waals surface area contributed by atoms with Gasteiger partial charge in [0.15, 0.2) is 11.5 Å². The largest absolute Gasteiger partial charge is 0.497 e. The lowest BCUT2D eigenvalue weighted by atomic mass is 10.2. The zero-order valence-corrected chi connectivity index (χ0v) is 20.5. The summed E-state index contributed by atoms with van der Waals surface area (Å²) in [7, 11) is 0.573. The number of amides is 1. The number of hydrogen-bond acceptors (Lipinski definition) is 7. The molecule has 0 aliphatic heterocycles. The lowest BCUT2D eigenvalue weighted by Crippen LogP contribution is -2.39. The second kappa shape index (κ2) is 12.0. The predicted octanol–water partition coefficient (Wildman–Crippen LogP) is 3.05. The second-order valence-corrected chi connectivity index (χ2v) is 9.28. The van der Waals surface area contributed by atoms with E-state index in [1.165, 1.54) is 39.7 Å². The number of hydrazone groups is 1. The summed E-state index contributed by atoms with van der Waals surface area (Å²) in [6.45, 7) is -0.408. The summed E-state index contributed by atoms with van der Waals surface area (Å²) in [5.74, 6) is 1.02. The normalized spacial score (nSPS) is 11.4. The van der Waals surface area contributed by atoms with Gasteiger partial charge in [0, 0.05) is 6.54 Å². The fourth-order valence-electron chi connectivity index (χ4n) is 3.22. The first-order chi connectivity index (χ1) is 16.9. The molecule has 0 heterocycles. The van der Waals surface area contributed by atoms with Crippen LogP contribution < -0.4 is 19.6 Å². The molecule has 0 aromatic heterocycles. The first-order valence-electron chi connectivity index (χ1n) is 10.6. The van der Waals surface area contributed by atoms with Crippen molar-refractivity contribution in [3.8, 4) is 17.2 Å². The van der Waals surface area contributed by atoms with Crippen molar-refractivity contribution in [2.45, 2.75) is 11.4 Å². The fourth-order valence-corrected chi connectivity index (χ4v) is 4.60. The molecular weight excluding hydrogens is 470 g/mol. The van der Waals surface area contributed by atoms with Crippen molar-refractivity contribution in [3.63, 3.8) is 0 Å². The highest BCUT2D eigenvalue weighted by Gasteiger charge is 2.27. The Bertz CT molecular complexity index is 1260. The lowest BCUT2D eigenvalue weighted by Gasteiger charge is -2.21. The zero-order chi connectivity index (χ0) is 25.3. The van der Waals surface area contributed by atoms with Crippen LogP contribution in [0.15, 0.2) is 82.8 Å². The van der Waals surface area contributed by atoms with Crippen molar-refractivity contribution in [3.05, 3.63) is 83.9 Å². The molecule has 0 aliphatic carbocycles. The van der Waals surface area contributed by atoms with E-state index < -0.39 is 22.5 Å². The maximum Gasteiger partial charge on any atom is 0.255 e. The molecule has 10 heteroatoms. The van der Waals surface area contributed by atoms with Crippen LogP contribution in [-0.4, -0.2) is 52.7 Å². The van der Waals surface area contributed by atoms with Crippen molar-refractivity contribution in [2.75, 3.05) is 27.9 Å². The highest BCUT2D eigenvalue weighted by atomic mass is 32.2. The molecule has 0 atom stereocenters. The zero-order valence-electron chi connectivity index (χ0n) is 19.7. The molecule has 0 aliphatic rings. The third-order valence-corrected chi connectivity index (χ3v) is 6.84. The Kier molecular flexibility index (Phi) is 8.82. The van der Waals surface area contributed by atoms with Gasteiger partial charge in [-0.2, -0.15) is 9.41 Å². The minimum atomic E-state index is -3.98. The standard InChI is InChI=1S/C25H27N3O6S/c1-32-21-10-12-22(13-11-21)35(30,31)28(17-19-7-5-4-6-8-19)18-25(29)27-26-16-20-9-14-23(33-2)24(15-20)34-3/h4-16H,17-18H2,1-3H3,(H,27,29)/b26-16-. The number of methoxy groups -OCH3 is 3. The van der Waals surface area contributed by atoms with Crippen molar-refractivity contribution in [1.82, 2.24) is 9.73 Å². The Balaban J connectivity index is 1.76. The summed E-state index contributed by atoms with van der Waals surface area (Å²) >= 11 is 0. The van der Waals surface area contributed by atoms with Gasteiger partial charge in [-0.05, 0) is 53.6 Å². The summed E-state index contributed by atoms with van der Waals surface area (Å²) in [6, 6.07) is 20.2. The minimum Gasteiger partial charge on any atom is -0.497 e. The van der Waals surface area contributed by atoms with Gasteiger partial charge >= 0.3 is 0 Å². The summed E-state index contributed by atoms with van der Waals surface area (Å²) in [5, 5.41) is 3.95. The number of nitrogens with one attached hydrogen (secondary N) is 1. The molecule has 3 aromatic carbocycles. The SMILES string of the molecule is COc1ccc(S(=O)(=O)N(CC(=O)N/N=C\c2ccc(OC)c(OC)c2)Cc2ccccc2)cc1. The number of ether oxygens (including phenoxy) is 3. The Morgan fingerprint density at radius 2 is 1.60 bits per heavy atom. The van der Waals surface area contributed by atoms with Gasteiger partial charge in [-0.1, -0.05) is 30.3 Å². The van der Waals surface area contributed by atoms with E-state index in [2.05, 4.69) is 10.5 Å². The molecule has 9 nitrogen and oxygen atoms in total. The Hall–Kier alpha value is -3.89. The van der Waals surface area contributed by atoms with Crippen LogP contribution in [0.3, 0.4) is 0 Å². The van der Waals surface area contributed by atoms with Gasteiger partial charge in [-0.15, -0.1) is 0 Å². The molecular formula is C25H27N3O6S. The highest BCUT2D eigenvalue weighted by molar-refractivity contribution is 7.89. The van der Waals surface area contributed by atoms with E-state index in [1.54, 1.807) is 54.6 Å². The van der Waals surface area contributed by atoms with Crippen LogP contribution in [0.4, 0.5) is 0 Å². The van der Waals surface area contributed by atoms with E-state index in [-0.39, 0.29) is 11.4 Å². The van der Waals surface area contributed by atoms with Gasteiger partial charge in [0.05, 0.1) is 39.0 Å². The Labute approximate surface area is 205 Å². The van der Waals surface area contributed by atoms with Crippen LogP contribution in [0.2, 0.25) is 0 Å². The van der Waals surface area contributed by atoms with E-state index in [9.17, 15) is 13.2 Å². The van der Waals surface area contributed by atoms with Gasteiger partial charge in [-0.3, -0.25) is 4.79 Å². The molecule has 0 bridgehead atoms. The van der Waals surface area contributed by atoms with Crippen LogP contribution in [0.25, 0.3) is 0 Å². The third kappa shape index (κ3) is 6.81. The number of hydrogen-bond donors (Lipinski definition) is 1. The minimum absolute atomic E-state index is 0.0159. The van der Waals surface area contributed by atoms with Crippen LogP contribution >= 0.6 is 0 Å². The van der Waals surface area contributed by atoms with Crippen molar-refractivity contribution < 1.29 is 27.4 Å². The first kappa shape index (κ1) is 25.7. The van der Waals surface area contributed by atoms with Crippen molar-refractivity contribution >= 4 is 22.1 Å². The van der Waals surface area contributed by atoms with Crippen LogP contribution in [0.5, 0.6) is 17.2 Å². The number of rotatable bonds is 11. The Morgan fingerprint density at radius 3 is 2.23 bits per heavy atom. The number of carbonyl (C=O) groups excluding carboxylic acids is 1. The van der Waals surface area contributed by atoms with Gasteiger partial charge in [-0.25, -0.2) is 13.8 Å². The average molecular weight is 498 g/mol. The molecule has 0 saturated carbocycles. The molecule has 0 fully saturated rings. The highest BCUT2D eigenvalue weighted by Crippen LogP contribution is 2.27. The molecule has 1 N–H and O–H groups in total. The van der Waals surface area contributed by atoms with Gasteiger partial charge in [0.2, 0.25) is 10.0 Å². The topological polar surface area (TPSA) is 107 Å². The van der Waals surface area contributed by atoms with E-state index in [0.717, 1.165) is 9.87 Å². The molecule has 3 rings (SSSR count). The summed E-state index contributed by atoms with van der Waals surface area (Å²) in [6.07, 6.45) is 1.43. The quantitative estimate of drug-likeness (QED) is 0.322. The summed E-state index contributed by atoms with van der Waals surface area (Å²) in [4.78, 5) is 12.7. The molecule has 1 amide bonds. The van der Waals surface area contributed by atoms with Gasteiger partial charge in [0.25, 0.3) is 5.91 Å². The average Bonchev–Trinajstić information content (AvgIpc) is 2.88. The third-order valence-electron chi connectivity index (χ3n) is 5.03. The maximum atomic E-state index is 13.3. The number of benzene rings is 3. The van der Waals surface area contributed by atoms with Crippen LogP contribution in [-0.2, 0) is 21.4 Å². The van der Waals surface area contributed by atoms with Crippen molar-refractivity contribution in [1.29, 1.82) is 0 Å². The molecule has 0 radical (unpaired) electrons. The van der Waals surface area contributed by atoms with E-state index in [1.807, 2.05) is 6.07 Å². The number of carbonyl (C=O) groups is 1. The number of sulfonamides is 1. The van der Waals surface area contributed by atoms with E-state index in [0.29, 0.717) is 22.8 Å². The molecule has 184 valence electrons. The molecule has 35 heavy (non-hydrogen) atoms. The molecule has 3 aromatic rings. The van der Waals surface area contributed by atoms with E-state index >= 15 is 0 Å². The van der Waals surface area contributed by atoms with Gasteiger partial charge in [0.1, 0.15) is 5.75 Å². The van der Waals surface area contributed by atoms with Gasteiger partial charge < -0.3 is 14.2 Å². The van der Waals surface area contributed by atoms with Crippen molar-refractivity contribution in [2.24, 2.45) is 5.10 Å². The second-order valence-electron chi connectivity index (χ2n) is 7.34. The smallest absolute Gasteiger partial charge is 0.255 e. The van der Waals surface area contributed by atoms with Crippen LogP contribution in [0, 0.1) is 0 Å². The predicted molar refractivity (Wildman–Crippen MR) is 132 cm³/mol. The lowest BCUT2D eigenvalue weighted by molar-refractivity contribution is -0.121. The molecule has 0 spiro atoms. The maximum absolute atomic E-state index is 13.3. The summed E-state index contributed by atoms with van der Waals surface area (Å²) in [5.41, 5.74) is 3.79. The first-order valence-corrected chi connectivity index (χ1v) is 12.0. The molecule has 0 saturated heterocycles. The summed E-state index contributed by atoms with van der Waals surface area (Å²) < 4.78 is 43.3. The monoisotopic (exact) mass is 497 g/mol. The Morgan fingerprint density at radius 1 is 0.914 bits per heavy atom. The fraction of sp³-hybridized carbons (Fsp3) is 0.200. The molecule has 0 unspecified atom stereocenters. The van der Waals surface area contributed by atoms with Crippen LogP contribution in [0.1, 0.15) is 11.1 Å². The van der Waals surface area contributed by atoms with E-state index in [4.69, 9.17) is 14.2 Å². The number of nitrogens with zero attached hydrogens (tertiary/aromatic N) is 2.